The average molecular weight is 466 g/mol. The van der Waals surface area contributed by atoms with Crippen molar-refractivity contribution in [2.24, 2.45) is 7.05 Å². The van der Waals surface area contributed by atoms with Crippen LogP contribution in [0.5, 0.6) is 11.8 Å². The summed E-state index contributed by atoms with van der Waals surface area (Å²) in [7, 11) is 6.49. The number of ether oxygens (including phenoxy) is 2. The lowest BCUT2D eigenvalue weighted by Crippen LogP contribution is -2.40. The number of rotatable bonds is 11. The minimum absolute atomic E-state index is 0.00347. The van der Waals surface area contributed by atoms with Gasteiger partial charge in [0.05, 0.1) is 20.3 Å². The monoisotopic (exact) mass is 465 g/mol. The first-order chi connectivity index (χ1) is 16.4. The van der Waals surface area contributed by atoms with E-state index in [0.29, 0.717) is 25.1 Å². The summed E-state index contributed by atoms with van der Waals surface area (Å²) in [5, 5.41) is 2.96. The van der Waals surface area contributed by atoms with Gasteiger partial charge in [0, 0.05) is 32.9 Å². The average Bonchev–Trinajstić information content (AvgIpc) is 3.31. The number of methoxy groups -OCH3 is 2. The van der Waals surface area contributed by atoms with Gasteiger partial charge < -0.3 is 24.3 Å². The summed E-state index contributed by atoms with van der Waals surface area (Å²) >= 11 is 0. The third-order valence-corrected chi connectivity index (χ3v) is 5.71. The summed E-state index contributed by atoms with van der Waals surface area (Å²) in [4.78, 5) is 35.8. The van der Waals surface area contributed by atoms with Crippen LogP contribution < -0.4 is 14.8 Å². The normalized spacial score (nSPS) is 11.5. The highest BCUT2D eigenvalue weighted by atomic mass is 16.5. The summed E-state index contributed by atoms with van der Waals surface area (Å²) in [6.07, 6.45) is 3.91. The van der Waals surface area contributed by atoms with E-state index in [1.54, 1.807) is 22.6 Å². The minimum atomic E-state index is -0.343. The quantitative estimate of drug-likeness (QED) is 0.468. The van der Waals surface area contributed by atoms with Gasteiger partial charge in [-0.1, -0.05) is 30.3 Å². The van der Waals surface area contributed by atoms with Gasteiger partial charge in [-0.25, -0.2) is 0 Å². The highest BCUT2D eigenvalue weighted by Crippen LogP contribution is 2.18. The lowest BCUT2D eigenvalue weighted by molar-refractivity contribution is 0.0700. The van der Waals surface area contributed by atoms with E-state index in [9.17, 15) is 9.59 Å². The molecule has 1 unspecified atom stereocenters. The molecule has 0 aliphatic heterocycles. The molecule has 0 saturated carbocycles. The van der Waals surface area contributed by atoms with E-state index in [4.69, 9.17) is 9.47 Å². The van der Waals surface area contributed by atoms with Crippen molar-refractivity contribution < 1.29 is 19.1 Å². The van der Waals surface area contributed by atoms with Crippen molar-refractivity contribution in [3.05, 3.63) is 71.8 Å². The van der Waals surface area contributed by atoms with E-state index in [1.165, 1.54) is 25.8 Å². The van der Waals surface area contributed by atoms with Gasteiger partial charge in [0.1, 0.15) is 5.69 Å². The topological polar surface area (TPSA) is 98.6 Å². The Morgan fingerprint density at radius 3 is 2.29 bits per heavy atom. The molecule has 0 spiro atoms. The van der Waals surface area contributed by atoms with Gasteiger partial charge in [-0.3, -0.25) is 9.59 Å². The van der Waals surface area contributed by atoms with Crippen molar-refractivity contribution in [1.29, 1.82) is 0 Å². The molecule has 2 heterocycles. The predicted octanol–water partition coefficient (Wildman–Crippen LogP) is 2.73. The number of hydrogen-bond donors (Lipinski definition) is 1. The Morgan fingerprint density at radius 2 is 1.71 bits per heavy atom. The summed E-state index contributed by atoms with van der Waals surface area (Å²) < 4.78 is 12.1. The van der Waals surface area contributed by atoms with Gasteiger partial charge >= 0.3 is 0 Å². The van der Waals surface area contributed by atoms with Gasteiger partial charge in [-0.15, -0.1) is 0 Å². The molecule has 9 heteroatoms. The van der Waals surface area contributed by atoms with Crippen LogP contribution >= 0.6 is 0 Å². The number of hydrogen-bond acceptors (Lipinski definition) is 6. The number of aromatic nitrogens is 3. The molecule has 0 aliphatic rings. The lowest BCUT2D eigenvalue weighted by Gasteiger charge is -2.28. The fourth-order valence-electron chi connectivity index (χ4n) is 3.68. The minimum Gasteiger partial charge on any atom is -0.481 e. The molecule has 0 fully saturated rings. The molecule has 0 bridgehead atoms. The van der Waals surface area contributed by atoms with E-state index in [0.717, 1.165) is 6.42 Å². The molecule has 34 heavy (non-hydrogen) atoms. The van der Waals surface area contributed by atoms with Crippen molar-refractivity contribution in [3.8, 4) is 11.8 Å². The zero-order chi connectivity index (χ0) is 24.5. The number of nitrogens with one attached hydrogen (secondary N) is 1. The first kappa shape index (κ1) is 24.8. The van der Waals surface area contributed by atoms with Crippen LogP contribution in [0.3, 0.4) is 0 Å². The third kappa shape index (κ3) is 6.34. The fraction of sp³-hybridized carbons (Fsp3) is 0.360. The number of nitrogens with zero attached hydrogens (tertiary/aromatic N) is 4. The molecule has 1 aromatic carbocycles. The number of amides is 2. The first-order valence-electron chi connectivity index (χ1n) is 11.1. The largest absolute Gasteiger partial charge is 0.481 e. The van der Waals surface area contributed by atoms with Crippen molar-refractivity contribution >= 4 is 11.8 Å². The number of aryl methyl sites for hydroxylation is 2. The smallest absolute Gasteiger partial charge is 0.291 e. The van der Waals surface area contributed by atoms with Gasteiger partial charge in [0.25, 0.3) is 11.8 Å². The molecule has 0 saturated heterocycles. The second-order valence-corrected chi connectivity index (χ2v) is 7.92. The van der Waals surface area contributed by atoms with Crippen LogP contribution in [0.1, 0.15) is 39.5 Å². The Labute approximate surface area is 199 Å². The molecule has 1 atom stereocenters. The van der Waals surface area contributed by atoms with E-state index in [-0.39, 0.29) is 35.4 Å². The molecule has 1 N–H and O–H groups in total. The maximum absolute atomic E-state index is 13.3. The Morgan fingerprint density at radius 1 is 1.03 bits per heavy atom. The predicted molar refractivity (Wildman–Crippen MR) is 128 cm³/mol. The molecule has 9 nitrogen and oxygen atoms in total. The maximum Gasteiger partial charge on any atom is 0.291 e. The Kier molecular flexibility index (Phi) is 8.61. The van der Waals surface area contributed by atoms with Crippen molar-refractivity contribution in [1.82, 2.24) is 24.8 Å². The zero-order valence-electron chi connectivity index (χ0n) is 20.0. The van der Waals surface area contributed by atoms with Gasteiger partial charge in [0.2, 0.25) is 17.6 Å². The fourth-order valence-corrected chi connectivity index (χ4v) is 3.68. The van der Waals surface area contributed by atoms with Gasteiger partial charge in [0.15, 0.2) is 0 Å². The summed E-state index contributed by atoms with van der Waals surface area (Å²) in [5.41, 5.74) is 1.77. The first-order valence-corrected chi connectivity index (χ1v) is 11.1. The molecule has 0 radical (unpaired) electrons. The molecule has 2 aromatic heterocycles. The van der Waals surface area contributed by atoms with E-state index in [1.807, 2.05) is 37.5 Å². The van der Waals surface area contributed by atoms with Crippen LogP contribution in [-0.2, 0) is 13.5 Å². The molecule has 3 aromatic rings. The van der Waals surface area contributed by atoms with Gasteiger partial charge in [-0.2, -0.15) is 9.97 Å². The SMILES string of the molecule is COc1cc(OC)nc(C(=O)N(C)C(CCNC(=O)c2cccn2C)CCc2ccccc2)n1. The summed E-state index contributed by atoms with van der Waals surface area (Å²) in [6, 6.07) is 15.1. The standard InChI is InChI=1S/C25H31N5O4/c1-29-16-8-11-20(29)24(31)26-15-14-19(13-12-18-9-6-5-7-10-18)30(2)25(32)23-27-21(33-3)17-22(28-23)34-4/h5-11,16-17,19H,12-15H2,1-4H3,(H,26,31). The molecule has 2 amide bonds. The molecule has 180 valence electrons. The summed E-state index contributed by atoms with van der Waals surface area (Å²) in [5.74, 6) is 0.00275. The zero-order valence-corrected chi connectivity index (χ0v) is 20.0. The van der Waals surface area contributed by atoms with Crippen LogP contribution in [0.2, 0.25) is 0 Å². The highest BCUT2D eigenvalue weighted by Gasteiger charge is 2.25. The van der Waals surface area contributed by atoms with Crippen LogP contribution in [-0.4, -0.2) is 65.1 Å². The second kappa shape index (κ2) is 11.8. The molecule has 0 aliphatic carbocycles. The molecular weight excluding hydrogens is 434 g/mol. The lowest BCUT2D eigenvalue weighted by atomic mass is 10.0. The van der Waals surface area contributed by atoms with E-state index >= 15 is 0 Å². The number of carbonyl (C=O) groups excluding carboxylic acids is 2. The molecule has 3 rings (SSSR count). The molecular formula is C25H31N5O4. The van der Waals surface area contributed by atoms with E-state index in [2.05, 4.69) is 27.4 Å². The van der Waals surface area contributed by atoms with Crippen LogP contribution in [0.25, 0.3) is 0 Å². The summed E-state index contributed by atoms with van der Waals surface area (Å²) in [6.45, 7) is 0.420. The van der Waals surface area contributed by atoms with Crippen molar-refractivity contribution in [3.63, 3.8) is 0 Å². The van der Waals surface area contributed by atoms with E-state index < -0.39 is 0 Å². The Bertz CT molecular complexity index is 1080. The second-order valence-electron chi connectivity index (χ2n) is 7.92. The Balaban J connectivity index is 1.72. The van der Waals surface area contributed by atoms with Crippen LogP contribution in [0.4, 0.5) is 0 Å². The van der Waals surface area contributed by atoms with Crippen LogP contribution in [0, 0.1) is 0 Å². The number of benzene rings is 1. The van der Waals surface area contributed by atoms with Crippen LogP contribution in [0.15, 0.2) is 54.7 Å². The maximum atomic E-state index is 13.3. The van der Waals surface area contributed by atoms with Crippen molar-refractivity contribution in [2.45, 2.75) is 25.3 Å². The van der Waals surface area contributed by atoms with Gasteiger partial charge in [-0.05, 0) is 37.0 Å². The highest BCUT2D eigenvalue weighted by molar-refractivity contribution is 5.92. The number of carbonyl (C=O) groups is 2. The Hall–Kier alpha value is -3.88. The van der Waals surface area contributed by atoms with Crippen molar-refractivity contribution in [2.75, 3.05) is 27.8 Å². The third-order valence-electron chi connectivity index (χ3n) is 5.71.